The van der Waals surface area contributed by atoms with Crippen molar-refractivity contribution >= 4 is 27.4 Å². The molecule has 0 aromatic carbocycles. The fourth-order valence-corrected chi connectivity index (χ4v) is 3.33. The van der Waals surface area contributed by atoms with Crippen LogP contribution in [0.3, 0.4) is 0 Å². The molecule has 1 fully saturated rings. The molecular formula is C13H18N4S. The number of thiophene rings is 1. The van der Waals surface area contributed by atoms with Crippen molar-refractivity contribution in [3.05, 3.63) is 17.8 Å². The van der Waals surface area contributed by atoms with Gasteiger partial charge in [-0.3, -0.25) is 0 Å². The van der Waals surface area contributed by atoms with Crippen LogP contribution in [-0.4, -0.2) is 41.0 Å². The van der Waals surface area contributed by atoms with Gasteiger partial charge in [-0.1, -0.05) is 6.92 Å². The zero-order chi connectivity index (χ0) is 12.4. The van der Waals surface area contributed by atoms with Crippen LogP contribution < -0.4 is 5.32 Å². The van der Waals surface area contributed by atoms with Crippen LogP contribution >= 0.6 is 11.3 Å². The number of fused-ring (bicyclic) bond motifs is 1. The van der Waals surface area contributed by atoms with E-state index in [0.29, 0.717) is 0 Å². The van der Waals surface area contributed by atoms with Gasteiger partial charge in [-0.05, 0) is 36.9 Å². The van der Waals surface area contributed by atoms with Crippen LogP contribution in [0.2, 0.25) is 0 Å². The number of hydrogen-bond donors (Lipinski definition) is 1. The molecule has 1 N–H and O–H groups in total. The van der Waals surface area contributed by atoms with Crippen molar-refractivity contribution in [1.29, 1.82) is 0 Å². The molecule has 0 radical (unpaired) electrons. The molecule has 1 unspecified atom stereocenters. The van der Waals surface area contributed by atoms with E-state index in [-0.39, 0.29) is 0 Å². The summed E-state index contributed by atoms with van der Waals surface area (Å²) < 4.78 is 1.17. The second kappa shape index (κ2) is 5.20. The Morgan fingerprint density at radius 1 is 1.50 bits per heavy atom. The van der Waals surface area contributed by atoms with E-state index in [4.69, 9.17) is 0 Å². The highest BCUT2D eigenvalue weighted by Crippen LogP contribution is 2.25. The highest BCUT2D eigenvalue weighted by molar-refractivity contribution is 7.17. The van der Waals surface area contributed by atoms with Crippen molar-refractivity contribution in [2.75, 3.05) is 31.5 Å². The lowest BCUT2D eigenvalue weighted by Crippen LogP contribution is -2.22. The summed E-state index contributed by atoms with van der Waals surface area (Å²) in [6.45, 7) is 6.86. The SMILES string of the molecule is CCN1CCC(CNc2ncnc3ccsc23)C1. The lowest BCUT2D eigenvalue weighted by molar-refractivity contribution is 0.345. The predicted octanol–water partition coefficient (Wildman–Crippen LogP) is 2.45. The first-order valence-corrected chi connectivity index (χ1v) is 7.39. The first-order valence-electron chi connectivity index (χ1n) is 6.51. The third-order valence-electron chi connectivity index (χ3n) is 3.62. The number of nitrogens with one attached hydrogen (secondary N) is 1. The van der Waals surface area contributed by atoms with Gasteiger partial charge in [0.2, 0.25) is 0 Å². The largest absolute Gasteiger partial charge is 0.368 e. The van der Waals surface area contributed by atoms with E-state index in [1.54, 1.807) is 17.7 Å². The number of anilines is 1. The van der Waals surface area contributed by atoms with Gasteiger partial charge in [-0.25, -0.2) is 9.97 Å². The van der Waals surface area contributed by atoms with Gasteiger partial charge in [0.05, 0.1) is 10.2 Å². The van der Waals surface area contributed by atoms with Crippen LogP contribution in [0.15, 0.2) is 17.8 Å². The Morgan fingerprint density at radius 3 is 3.28 bits per heavy atom. The molecule has 0 aliphatic carbocycles. The molecule has 2 aromatic rings. The van der Waals surface area contributed by atoms with Crippen LogP contribution in [-0.2, 0) is 0 Å². The topological polar surface area (TPSA) is 41.0 Å². The number of likely N-dealkylation sites (tertiary alicyclic amines) is 1. The van der Waals surface area contributed by atoms with E-state index >= 15 is 0 Å². The highest BCUT2D eigenvalue weighted by Gasteiger charge is 2.21. The van der Waals surface area contributed by atoms with E-state index in [9.17, 15) is 0 Å². The third-order valence-corrected chi connectivity index (χ3v) is 4.53. The van der Waals surface area contributed by atoms with Gasteiger partial charge >= 0.3 is 0 Å². The fourth-order valence-electron chi connectivity index (χ4n) is 2.52. The summed E-state index contributed by atoms with van der Waals surface area (Å²) in [5, 5.41) is 5.56. The molecule has 1 saturated heterocycles. The number of nitrogens with zero attached hydrogens (tertiary/aromatic N) is 3. The summed E-state index contributed by atoms with van der Waals surface area (Å²) in [6.07, 6.45) is 2.93. The molecule has 0 bridgehead atoms. The van der Waals surface area contributed by atoms with E-state index in [1.807, 2.05) is 6.07 Å². The summed E-state index contributed by atoms with van der Waals surface area (Å²) in [5.74, 6) is 1.74. The molecule has 0 saturated carbocycles. The molecule has 1 aliphatic rings. The quantitative estimate of drug-likeness (QED) is 0.919. The zero-order valence-corrected chi connectivity index (χ0v) is 11.4. The Kier molecular flexibility index (Phi) is 3.43. The van der Waals surface area contributed by atoms with Crippen LogP contribution in [0, 0.1) is 5.92 Å². The van der Waals surface area contributed by atoms with E-state index in [0.717, 1.165) is 23.8 Å². The second-order valence-corrected chi connectivity index (χ2v) is 5.70. The summed E-state index contributed by atoms with van der Waals surface area (Å²) >= 11 is 1.70. The minimum atomic E-state index is 0.745. The maximum absolute atomic E-state index is 4.35. The Balaban J connectivity index is 1.65. The Bertz CT molecular complexity index is 524. The molecule has 1 atom stereocenters. The van der Waals surface area contributed by atoms with Gasteiger partial charge in [0.1, 0.15) is 12.1 Å². The molecule has 5 heteroatoms. The predicted molar refractivity (Wildman–Crippen MR) is 76.1 cm³/mol. The molecule has 0 spiro atoms. The van der Waals surface area contributed by atoms with Gasteiger partial charge < -0.3 is 10.2 Å². The summed E-state index contributed by atoms with van der Waals surface area (Å²) in [6, 6.07) is 2.04. The minimum absolute atomic E-state index is 0.745. The third kappa shape index (κ3) is 2.33. The summed E-state index contributed by atoms with van der Waals surface area (Å²) in [5.41, 5.74) is 1.04. The standard InChI is InChI=1S/C13H18N4S/c1-2-17-5-3-10(8-17)7-14-13-12-11(4-6-18-12)15-9-16-13/h4,6,9-10H,2-3,5,7-8H2,1H3,(H,14,15,16). The molecule has 3 heterocycles. The summed E-state index contributed by atoms with van der Waals surface area (Å²) in [4.78, 5) is 11.1. The lowest BCUT2D eigenvalue weighted by Gasteiger charge is -2.14. The lowest BCUT2D eigenvalue weighted by atomic mass is 10.1. The average Bonchev–Trinajstić information content (AvgIpc) is 3.05. The first-order chi connectivity index (χ1) is 8.86. The maximum atomic E-state index is 4.35. The van der Waals surface area contributed by atoms with Crippen molar-refractivity contribution < 1.29 is 0 Å². The van der Waals surface area contributed by atoms with Crippen LogP contribution in [0.25, 0.3) is 10.2 Å². The van der Waals surface area contributed by atoms with Crippen LogP contribution in [0.4, 0.5) is 5.82 Å². The van der Waals surface area contributed by atoms with E-state index in [1.165, 1.54) is 30.8 Å². The molecule has 0 amide bonds. The average molecular weight is 262 g/mol. The Hall–Kier alpha value is -1.20. The van der Waals surface area contributed by atoms with E-state index in [2.05, 4.69) is 32.5 Å². The van der Waals surface area contributed by atoms with Crippen molar-refractivity contribution in [3.8, 4) is 0 Å². The van der Waals surface area contributed by atoms with Gasteiger partial charge in [0.25, 0.3) is 0 Å². The smallest absolute Gasteiger partial charge is 0.147 e. The van der Waals surface area contributed by atoms with Gasteiger partial charge in [-0.2, -0.15) is 0 Å². The number of rotatable bonds is 4. The zero-order valence-electron chi connectivity index (χ0n) is 10.6. The van der Waals surface area contributed by atoms with Gasteiger partial charge in [-0.15, -0.1) is 11.3 Å². The molecule has 18 heavy (non-hydrogen) atoms. The van der Waals surface area contributed by atoms with Gasteiger partial charge in [0.15, 0.2) is 0 Å². The first kappa shape index (κ1) is 11.9. The van der Waals surface area contributed by atoms with Crippen LogP contribution in [0.1, 0.15) is 13.3 Å². The monoisotopic (exact) mass is 262 g/mol. The van der Waals surface area contributed by atoms with Crippen molar-refractivity contribution in [2.45, 2.75) is 13.3 Å². The minimum Gasteiger partial charge on any atom is -0.368 e. The van der Waals surface area contributed by atoms with Crippen molar-refractivity contribution in [3.63, 3.8) is 0 Å². The molecule has 1 aliphatic heterocycles. The van der Waals surface area contributed by atoms with Gasteiger partial charge in [0, 0.05) is 13.1 Å². The molecule has 96 valence electrons. The molecular weight excluding hydrogens is 244 g/mol. The molecule has 2 aromatic heterocycles. The van der Waals surface area contributed by atoms with E-state index < -0.39 is 0 Å². The summed E-state index contributed by atoms with van der Waals surface area (Å²) in [7, 11) is 0. The van der Waals surface area contributed by atoms with Crippen molar-refractivity contribution in [2.24, 2.45) is 5.92 Å². The molecule has 3 rings (SSSR count). The maximum Gasteiger partial charge on any atom is 0.147 e. The highest BCUT2D eigenvalue weighted by atomic mass is 32.1. The van der Waals surface area contributed by atoms with Crippen molar-refractivity contribution in [1.82, 2.24) is 14.9 Å². The second-order valence-electron chi connectivity index (χ2n) is 4.79. The number of aromatic nitrogens is 2. The number of hydrogen-bond acceptors (Lipinski definition) is 5. The Labute approximate surface area is 111 Å². The Morgan fingerprint density at radius 2 is 2.44 bits per heavy atom. The van der Waals surface area contributed by atoms with Crippen LogP contribution in [0.5, 0.6) is 0 Å². The fraction of sp³-hybridized carbons (Fsp3) is 0.538. The normalized spacial score (nSPS) is 20.6. The molecule has 4 nitrogen and oxygen atoms in total.